The molecule has 2 saturated heterocycles. The molecule has 0 spiro atoms. The van der Waals surface area contributed by atoms with Crippen molar-refractivity contribution in [1.29, 1.82) is 0 Å². The lowest BCUT2D eigenvalue weighted by Crippen LogP contribution is -2.37. The van der Waals surface area contributed by atoms with E-state index < -0.39 is 9.84 Å². The van der Waals surface area contributed by atoms with E-state index in [0.29, 0.717) is 25.7 Å². The molecule has 0 unspecified atom stereocenters. The number of carbonyl (C=O) groups excluding carboxylic acids is 1. The smallest absolute Gasteiger partial charge is 0.227 e. The van der Waals surface area contributed by atoms with Crippen LogP contribution in [0.3, 0.4) is 0 Å². The van der Waals surface area contributed by atoms with Crippen molar-refractivity contribution in [2.24, 2.45) is 5.92 Å². The Morgan fingerprint density at radius 2 is 1.90 bits per heavy atom. The summed E-state index contributed by atoms with van der Waals surface area (Å²) in [6, 6.07) is 6.58. The molecule has 2 aliphatic heterocycles. The fourth-order valence-electron chi connectivity index (χ4n) is 4.82. The van der Waals surface area contributed by atoms with Crippen molar-refractivity contribution in [2.75, 3.05) is 50.5 Å². The molecule has 1 aliphatic carbocycles. The van der Waals surface area contributed by atoms with Gasteiger partial charge in [0.15, 0.2) is 9.84 Å². The summed E-state index contributed by atoms with van der Waals surface area (Å²) in [4.78, 5) is 26.7. The van der Waals surface area contributed by atoms with Gasteiger partial charge in [0.25, 0.3) is 0 Å². The number of fused-ring (bicyclic) bond motifs is 3. The van der Waals surface area contributed by atoms with Gasteiger partial charge < -0.3 is 14.5 Å². The van der Waals surface area contributed by atoms with E-state index in [0.717, 1.165) is 43.3 Å². The Balaban J connectivity index is 1.26. The monoisotopic (exact) mass is 442 g/mol. The van der Waals surface area contributed by atoms with Crippen LogP contribution in [-0.4, -0.2) is 74.8 Å². The summed E-state index contributed by atoms with van der Waals surface area (Å²) in [5.74, 6) is 1.49. The van der Waals surface area contributed by atoms with Crippen LogP contribution in [0.25, 0.3) is 0 Å². The molecule has 2 aromatic rings. The standard InChI is InChI=1S/C22H26N4O4S/c1-31(28,29)18-4-2-15(3-5-18)10-20(27)26-13-17-11-16-12-23-22(24-21(16)19(17)14-26)25-6-8-30-9-7-25/h2-5,12,17,19H,6-11,13-14H2,1H3/t17-,19+/m1/s1. The van der Waals surface area contributed by atoms with Crippen molar-refractivity contribution < 1.29 is 17.9 Å². The van der Waals surface area contributed by atoms with E-state index in [4.69, 9.17) is 9.72 Å². The van der Waals surface area contributed by atoms with Crippen LogP contribution in [0, 0.1) is 5.92 Å². The van der Waals surface area contributed by atoms with Gasteiger partial charge in [0.05, 0.1) is 30.2 Å². The average Bonchev–Trinajstić information content (AvgIpc) is 3.32. The fraction of sp³-hybridized carbons (Fsp3) is 0.500. The zero-order chi connectivity index (χ0) is 21.6. The number of likely N-dealkylation sites (tertiary alicyclic amines) is 1. The maximum Gasteiger partial charge on any atom is 0.227 e. The van der Waals surface area contributed by atoms with Gasteiger partial charge in [0.2, 0.25) is 11.9 Å². The van der Waals surface area contributed by atoms with E-state index in [-0.39, 0.29) is 23.1 Å². The zero-order valence-electron chi connectivity index (χ0n) is 17.5. The quantitative estimate of drug-likeness (QED) is 0.699. The van der Waals surface area contributed by atoms with Crippen molar-refractivity contribution in [3.05, 3.63) is 47.3 Å². The Bertz CT molecular complexity index is 1100. The van der Waals surface area contributed by atoms with Gasteiger partial charge in [-0.1, -0.05) is 12.1 Å². The summed E-state index contributed by atoms with van der Waals surface area (Å²) in [7, 11) is -3.23. The van der Waals surface area contributed by atoms with E-state index in [2.05, 4.69) is 9.88 Å². The molecule has 3 heterocycles. The number of nitrogens with zero attached hydrogens (tertiary/aromatic N) is 4. The molecule has 0 saturated carbocycles. The third kappa shape index (κ3) is 4.04. The molecule has 9 heteroatoms. The minimum Gasteiger partial charge on any atom is -0.378 e. The highest BCUT2D eigenvalue weighted by Crippen LogP contribution is 2.42. The van der Waals surface area contributed by atoms with Crippen LogP contribution in [0.5, 0.6) is 0 Å². The number of benzene rings is 1. The molecule has 0 N–H and O–H groups in total. The first-order chi connectivity index (χ1) is 14.9. The lowest BCUT2D eigenvalue weighted by atomic mass is 9.99. The van der Waals surface area contributed by atoms with Crippen LogP contribution >= 0.6 is 0 Å². The first kappa shape index (κ1) is 20.4. The number of hydrogen-bond acceptors (Lipinski definition) is 7. The normalized spacial score (nSPS) is 23.0. The SMILES string of the molecule is CS(=O)(=O)c1ccc(CC(=O)N2C[C@H]3Cc4cnc(N5CCOCC5)nc4[C@H]3C2)cc1. The fourth-order valence-corrected chi connectivity index (χ4v) is 5.45. The first-order valence-corrected chi connectivity index (χ1v) is 12.5. The van der Waals surface area contributed by atoms with Crippen LogP contribution in [-0.2, 0) is 32.2 Å². The summed E-state index contributed by atoms with van der Waals surface area (Å²) < 4.78 is 28.7. The summed E-state index contributed by atoms with van der Waals surface area (Å²) in [5.41, 5.74) is 3.12. The molecule has 0 radical (unpaired) electrons. The largest absolute Gasteiger partial charge is 0.378 e. The van der Waals surface area contributed by atoms with E-state index >= 15 is 0 Å². The van der Waals surface area contributed by atoms with Crippen LogP contribution < -0.4 is 4.90 Å². The first-order valence-electron chi connectivity index (χ1n) is 10.6. The summed E-state index contributed by atoms with van der Waals surface area (Å²) >= 11 is 0. The topological polar surface area (TPSA) is 92.7 Å². The van der Waals surface area contributed by atoms with E-state index in [1.165, 1.54) is 11.8 Å². The van der Waals surface area contributed by atoms with Gasteiger partial charge in [-0.2, -0.15) is 0 Å². The molecule has 2 fully saturated rings. The second-order valence-corrected chi connectivity index (χ2v) is 10.7. The third-order valence-electron chi connectivity index (χ3n) is 6.51. The Morgan fingerprint density at radius 1 is 1.16 bits per heavy atom. The number of rotatable bonds is 4. The molecule has 8 nitrogen and oxygen atoms in total. The number of anilines is 1. The Kier molecular flexibility index (Phi) is 5.18. The Labute approximate surface area is 182 Å². The minimum atomic E-state index is -3.23. The molecule has 1 amide bonds. The van der Waals surface area contributed by atoms with Gasteiger partial charge in [0, 0.05) is 44.5 Å². The van der Waals surface area contributed by atoms with Gasteiger partial charge in [-0.05, 0) is 35.6 Å². The van der Waals surface area contributed by atoms with Crippen LogP contribution in [0.2, 0.25) is 0 Å². The summed E-state index contributed by atoms with van der Waals surface area (Å²) in [5, 5.41) is 0. The number of morpholine rings is 1. The number of carbonyl (C=O) groups is 1. The predicted molar refractivity (Wildman–Crippen MR) is 115 cm³/mol. The Morgan fingerprint density at radius 3 is 2.61 bits per heavy atom. The van der Waals surface area contributed by atoms with Crippen molar-refractivity contribution in [3.63, 3.8) is 0 Å². The molecule has 164 valence electrons. The number of sulfone groups is 1. The molecule has 2 atom stereocenters. The number of amides is 1. The lowest BCUT2D eigenvalue weighted by molar-refractivity contribution is -0.129. The molecule has 1 aromatic heterocycles. The highest BCUT2D eigenvalue weighted by molar-refractivity contribution is 7.90. The highest BCUT2D eigenvalue weighted by Gasteiger charge is 2.43. The molecule has 3 aliphatic rings. The van der Waals surface area contributed by atoms with Gasteiger partial charge in [-0.15, -0.1) is 0 Å². The molecular formula is C22H26N4O4S. The predicted octanol–water partition coefficient (Wildman–Crippen LogP) is 1.06. The van der Waals surface area contributed by atoms with Crippen LogP contribution in [0.1, 0.15) is 22.7 Å². The number of aromatic nitrogens is 2. The van der Waals surface area contributed by atoms with Crippen molar-refractivity contribution in [1.82, 2.24) is 14.9 Å². The molecule has 1 aromatic carbocycles. The zero-order valence-corrected chi connectivity index (χ0v) is 18.3. The van der Waals surface area contributed by atoms with Crippen LogP contribution in [0.4, 0.5) is 5.95 Å². The second-order valence-electron chi connectivity index (χ2n) is 8.64. The van der Waals surface area contributed by atoms with Gasteiger partial charge >= 0.3 is 0 Å². The Hall–Kier alpha value is -2.52. The lowest BCUT2D eigenvalue weighted by Gasteiger charge is -2.27. The van der Waals surface area contributed by atoms with E-state index in [1.54, 1.807) is 24.3 Å². The molecule has 5 rings (SSSR count). The van der Waals surface area contributed by atoms with Crippen molar-refractivity contribution in [2.45, 2.75) is 23.7 Å². The van der Waals surface area contributed by atoms with Crippen molar-refractivity contribution in [3.8, 4) is 0 Å². The van der Waals surface area contributed by atoms with Gasteiger partial charge in [-0.25, -0.2) is 18.4 Å². The van der Waals surface area contributed by atoms with Gasteiger partial charge in [0.1, 0.15) is 0 Å². The van der Waals surface area contributed by atoms with Crippen LogP contribution in [0.15, 0.2) is 35.4 Å². The number of ether oxygens (including phenoxy) is 1. The summed E-state index contributed by atoms with van der Waals surface area (Å²) in [6.07, 6.45) is 4.33. The van der Waals surface area contributed by atoms with E-state index in [9.17, 15) is 13.2 Å². The van der Waals surface area contributed by atoms with Gasteiger partial charge in [-0.3, -0.25) is 4.79 Å². The molecular weight excluding hydrogens is 416 g/mol. The van der Waals surface area contributed by atoms with E-state index in [1.807, 2.05) is 11.1 Å². The second kappa shape index (κ2) is 7.87. The molecule has 0 bridgehead atoms. The van der Waals surface area contributed by atoms with Crippen molar-refractivity contribution >= 4 is 21.7 Å². The average molecular weight is 443 g/mol. The summed E-state index contributed by atoms with van der Waals surface area (Å²) in [6.45, 7) is 4.40. The highest BCUT2D eigenvalue weighted by atomic mass is 32.2. The third-order valence-corrected chi connectivity index (χ3v) is 7.64. The maximum atomic E-state index is 12.9. The molecule has 31 heavy (non-hydrogen) atoms. The maximum absolute atomic E-state index is 12.9. The minimum absolute atomic E-state index is 0.0746. The number of hydrogen-bond donors (Lipinski definition) is 0.